The third-order valence-electron chi connectivity index (χ3n) is 2.75. The molecular weight excluding hydrogens is 154 g/mol. The summed E-state index contributed by atoms with van der Waals surface area (Å²) in [5.74, 6) is 0.426. The average Bonchev–Trinajstić information content (AvgIpc) is 2.74. The fourth-order valence-electron chi connectivity index (χ4n) is 1.44. The van der Waals surface area contributed by atoms with Crippen LogP contribution in [0.2, 0.25) is 0 Å². The summed E-state index contributed by atoms with van der Waals surface area (Å²) in [5, 5.41) is 11.0. The fourth-order valence-corrected chi connectivity index (χ4v) is 1.44. The zero-order valence-electron chi connectivity index (χ0n) is 7.19. The quantitative estimate of drug-likeness (QED) is 0.709. The topological polar surface area (TPSA) is 69.6 Å². The summed E-state index contributed by atoms with van der Waals surface area (Å²) in [6.45, 7) is 3.08. The van der Waals surface area contributed by atoms with Gasteiger partial charge in [-0.1, -0.05) is 12.0 Å². The van der Waals surface area contributed by atoms with E-state index in [0.29, 0.717) is 11.4 Å². The van der Waals surface area contributed by atoms with E-state index in [1.807, 2.05) is 0 Å². The summed E-state index contributed by atoms with van der Waals surface area (Å²) in [6.07, 6.45) is 3.75. The van der Waals surface area contributed by atoms with Gasteiger partial charge < -0.3 is 5.73 Å². The van der Waals surface area contributed by atoms with E-state index in [0.717, 1.165) is 6.54 Å². The van der Waals surface area contributed by atoms with Crippen LogP contribution in [0.3, 0.4) is 0 Å². The Bertz CT molecular complexity index is 275. The first-order valence-corrected chi connectivity index (χ1v) is 4.27. The van der Waals surface area contributed by atoms with Crippen molar-refractivity contribution in [2.75, 3.05) is 5.73 Å². The van der Waals surface area contributed by atoms with Gasteiger partial charge in [0.05, 0.1) is 6.54 Å². The fraction of sp³-hybridized carbons (Fsp3) is 0.857. The van der Waals surface area contributed by atoms with Crippen LogP contribution in [-0.4, -0.2) is 20.2 Å². The number of nitrogen functional groups attached to an aromatic ring is 1. The number of hydrogen-bond donors (Lipinski definition) is 1. The molecule has 0 amide bonds. The number of aromatic nitrogens is 4. The smallest absolute Gasteiger partial charge is 0.240 e. The maximum Gasteiger partial charge on any atom is 0.240 e. The number of tetrazole rings is 1. The zero-order chi connectivity index (χ0) is 8.60. The van der Waals surface area contributed by atoms with Crippen molar-refractivity contribution in [3.63, 3.8) is 0 Å². The number of nitrogens with two attached hydrogens (primary N) is 1. The molecule has 0 bridgehead atoms. The molecule has 5 nitrogen and oxygen atoms in total. The summed E-state index contributed by atoms with van der Waals surface area (Å²) in [7, 11) is 0. The Labute approximate surface area is 70.9 Å². The van der Waals surface area contributed by atoms with E-state index in [2.05, 4.69) is 22.4 Å². The Morgan fingerprint density at radius 1 is 1.58 bits per heavy atom. The number of anilines is 1. The first-order chi connectivity index (χ1) is 5.76. The monoisotopic (exact) mass is 167 g/mol. The minimum absolute atomic E-state index is 0.426. The standard InChI is InChI=1S/C7H13N5/c1-2-7(3-4-7)5-12-6(8)9-10-11-12/h2-5H2,1H3,(H2,8,9,11). The van der Waals surface area contributed by atoms with Crippen molar-refractivity contribution >= 4 is 5.95 Å². The molecule has 0 radical (unpaired) electrons. The SMILES string of the molecule is CCC1(Cn2nnnc2N)CC1. The lowest BCUT2D eigenvalue weighted by Gasteiger charge is -2.10. The molecule has 12 heavy (non-hydrogen) atoms. The van der Waals surface area contributed by atoms with Crippen molar-refractivity contribution in [2.24, 2.45) is 5.41 Å². The van der Waals surface area contributed by atoms with Gasteiger partial charge >= 0.3 is 0 Å². The highest BCUT2D eigenvalue weighted by molar-refractivity contribution is 5.11. The molecule has 1 fully saturated rings. The van der Waals surface area contributed by atoms with Gasteiger partial charge in [-0.15, -0.1) is 0 Å². The van der Waals surface area contributed by atoms with E-state index >= 15 is 0 Å². The molecule has 2 rings (SSSR count). The molecule has 0 aliphatic heterocycles. The predicted molar refractivity (Wildman–Crippen MR) is 44.2 cm³/mol. The molecule has 2 N–H and O–H groups in total. The first kappa shape index (κ1) is 7.52. The molecule has 1 aromatic rings. The molecule has 66 valence electrons. The highest BCUT2D eigenvalue weighted by Crippen LogP contribution is 2.49. The summed E-state index contributed by atoms with van der Waals surface area (Å²) in [4.78, 5) is 0. The normalized spacial score (nSPS) is 19.4. The van der Waals surface area contributed by atoms with Crippen LogP contribution >= 0.6 is 0 Å². The minimum atomic E-state index is 0.426. The van der Waals surface area contributed by atoms with Crippen LogP contribution in [0.5, 0.6) is 0 Å². The molecule has 1 saturated carbocycles. The Kier molecular flexibility index (Phi) is 1.52. The highest BCUT2D eigenvalue weighted by Gasteiger charge is 2.41. The molecular formula is C7H13N5. The Hall–Kier alpha value is -1.13. The Morgan fingerprint density at radius 3 is 2.75 bits per heavy atom. The van der Waals surface area contributed by atoms with Gasteiger partial charge in [0, 0.05) is 0 Å². The molecule has 0 spiro atoms. The van der Waals surface area contributed by atoms with E-state index in [9.17, 15) is 0 Å². The van der Waals surface area contributed by atoms with Gasteiger partial charge in [0.15, 0.2) is 0 Å². The van der Waals surface area contributed by atoms with Crippen LogP contribution < -0.4 is 5.73 Å². The molecule has 1 aromatic heterocycles. The van der Waals surface area contributed by atoms with Crippen LogP contribution in [0.25, 0.3) is 0 Å². The number of nitrogens with zero attached hydrogens (tertiary/aromatic N) is 4. The van der Waals surface area contributed by atoms with Crippen molar-refractivity contribution in [1.29, 1.82) is 0 Å². The molecule has 1 aliphatic rings. The molecule has 1 aliphatic carbocycles. The predicted octanol–water partition coefficient (Wildman–Crippen LogP) is 0.445. The van der Waals surface area contributed by atoms with Crippen LogP contribution in [0.1, 0.15) is 26.2 Å². The number of hydrogen-bond acceptors (Lipinski definition) is 4. The maximum absolute atomic E-state index is 5.56. The third-order valence-corrected chi connectivity index (χ3v) is 2.75. The molecule has 0 unspecified atom stereocenters. The lowest BCUT2D eigenvalue weighted by atomic mass is 10.0. The van der Waals surface area contributed by atoms with Crippen LogP contribution in [-0.2, 0) is 6.54 Å². The van der Waals surface area contributed by atoms with Gasteiger partial charge in [0.25, 0.3) is 0 Å². The largest absolute Gasteiger partial charge is 0.367 e. The average molecular weight is 167 g/mol. The van der Waals surface area contributed by atoms with E-state index in [-0.39, 0.29) is 0 Å². The maximum atomic E-state index is 5.56. The molecule has 1 heterocycles. The second-order valence-corrected chi connectivity index (χ2v) is 3.55. The zero-order valence-corrected chi connectivity index (χ0v) is 7.19. The molecule has 0 saturated heterocycles. The second kappa shape index (κ2) is 2.43. The van der Waals surface area contributed by atoms with Crippen molar-refractivity contribution in [2.45, 2.75) is 32.7 Å². The third kappa shape index (κ3) is 1.15. The minimum Gasteiger partial charge on any atom is -0.367 e. The van der Waals surface area contributed by atoms with E-state index in [1.54, 1.807) is 4.68 Å². The van der Waals surface area contributed by atoms with E-state index in [1.165, 1.54) is 19.3 Å². The first-order valence-electron chi connectivity index (χ1n) is 4.27. The summed E-state index contributed by atoms with van der Waals surface area (Å²) >= 11 is 0. The van der Waals surface area contributed by atoms with E-state index in [4.69, 9.17) is 5.73 Å². The van der Waals surface area contributed by atoms with Crippen LogP contribution in [0, 0.1) is 5.41 Å². The highest BCUT2D eigenvalue weighted by atomic mass is 15.6. The van der Waals surface area contributed by atoms with Gasteiger partial charge in [0.2, 0.25) is 5.95 Å². The van der Waals surface area contributed by atoms with Crippen molar-refractivity contribution < 1.29 is 0 Å². The number of rotatable bonds is 3. The summed E-state index contributed by atoms with van der Waals surface area (Å²) in [6, 6.07) is 0. The van der Waals surface area contributed by atoms with Crippen LogP contribution in [0.15, 0.2) is 0 Å². The van der Waals surface area contributed by atoms with Gasteiger partial charge in [-0.25, -0.2) is 4.68 Å². The van der Waals surface area contributed by atoms with Crippen molar-refractivity contribution in [3.05, 3.63) is 0 Å². The van der Waals surface area contributed by atoms with Gasteiger partial charge in [-0.3, -0.25) is 0 Å². The van der Waals surface area contributed by atoms with Crippen LogP contribution in [0.4, 0.5) is 5.95 Å². The lowest BCUT2D eigenvalue weighted by molar-refractivity contribution is 0.383. The van der Waals surface area contributed by atoms with Gasteiger partial charge in [0.1, 0.15) is 0 Å². The molecule has 0 atom stereocenters. The summed E-state index contributed by atoms with van der Waals surface area (Å²) in [5.41, 5.74) is 6.00. The second-order valence-electron chi connectivity index (χ2n) is 3.55. The molecule has 5 heteroatoms. The Balaban J connectivity index is 2.08. The van der Waals surface area contributed by atoms with Gasteiger partial charge in [-0.05, 0) is 35.1 Å². The van der Waals surface area contributed by atoms with Crippen molar-refractivity contribution in [1.82, 2.24) is 20.2 Å². The van der Waals surface area contributed by atoms with E-state index < -0.39 is 0 Å². The Morgan fingerprint density at radius 2 is 2.33 bits per heavy atom. The van der Waals surface area contributed by atoms with Crippen molar-refractivity contribution in [3.8, 4) is 0 Å². The molecule has 0 aromatic carbocycles. The summed E-state index contributed by atoms with van der Waals surface area (Å²) < 4.78 is 1.69. The van der Waals surface area contributed by atoms with Gasteiger partial charge in [-0.2, -0.15) is 0 Å². The lowest BCUT2D eigenvalue weighted by Crippen LogP contribution is -2.14.